The van der Waals surface area contributed by atoms with Crippen molar-refractivity contribution >= 4 is 17.8 Å². The van der Waals surface area contributed by atoms with E-state index in [0.717, 1.165) is 11.1 Å². The molecule has 0 radical (unpaired) electrons. The number of hydrogen-bond acceptors (Lipinski definition) is 5. The molecule has 1 aromatic heterocycles. The van der Waals surface area contributed by atoms with Crippen LogP contribution in [0.25, 0.3) is 0 Å². The summed E-state index contributed by atoms with van der Waals surface area (Å²) in [6, 6.07) is 7.95. The SMILES string of the molecule is CC(=O)N1CCN(c2ncc(C(=O)NCc3ccccc3C)cn2)CC1. The Labute approximate surface area is 153 Å². The number of aromatic nitrogens is 2. The standard InChI is InChI=1S/C19H23N5O2/c1-14-5-3-4-6-16(14)11-20-18(26)17-12-21-19(22-13-17)24-9-7-23(8-10-24)15(2)25/h3-6,12-13H,7-11H2,1-2H3,(H,20,26). The lowest BCUT2D eigenvalue weighted by Gasteiger charge is -2.34. The van der Waals surface area contributed by atoms with Crippen LogP contribution in [0.4, 0.5) is 5.95 Å². The lowest BCUT2D eigenvalue weighted by Crippen LogP contribution is -2.48. The molecule has 1 fully saturated rings. The van der Waals surface area contributed by atoms with E-state index in [0.29, 0.717) is 44.2 Å². The minimum atomic E-state index is -0.193. The van der Waals surface area contributed by atoms with Crippen LogP contribution in [0.5, 0.6) is 0 Å². The van der Waals surface area contributed by atoms with E-state index in [9.17, 15) is 9.59 Å². The predicted molar refractivity (Wildman–Crippen MR) is 98.8 cm³/mol. The Morgan fingerprint density at radius 2 is 1.73 bits per heavy atom. The molecule has 0 atom stereocenters. The summed E-state index contributed by atoms with van der Waals surface area (Å²) < 4.78 is 0. The smallest absolute Gasteiger partial charge is 0.254 e. The minimum absolute atomic E-state index is 0.0891. The van der Waals surface area contributed by atoms with E-state index >= 15 is 0 Å². The fourth-order valence-electron chi connectivity index (χ4n) is 2.91. The first-order valence-corrected chi connectivity index (χ1v) is 8.70. The molecule has 1 N–H and O–H groups in total. The molecule has 7 nitrogen and oxygen atoms in total. The van der Waals surface area contributed by atoms with Gasteiger partial charge in [-0.05, 0) is 18.1 Å². The first-order valence-electron chi connectivity index (χ1n) is 8.70. The van der Waals surface area contributed by atoms with Gasteiger partial charge in [-0.25, -0.2) is 9.97 Å². The molecule has 1 saturated heterocycles. The Kier molecular flexibility index (Phi) is 5.46. The number of benzene rings is 1. The van der Waals surface area contributed by atoms with Gasteiger partial charge < -0.3 is 15.1 Å². The fraction of sp³-hybridized carbons (Fsp3) is 0.368. The molecule has 1 aliphatic heterocycles. The molecule has 1 aliphatic rings. The zero-order valence-corrected chi connectivity index (χ0v) is 15.1. The zero-order valence-electron chi connectivity index (χ0n) is 15.1. The highest BCUT2D eigenvalue weighted by Crippen LogP contribution is 2.11. The predicted octanol–water partition coefficient (Wildman–Crippen LogP) is 1.38. The highest BCUT2D eigenvalue weighted by atomic mass is 16.2. The van der Waals surface area contributed by atoms with Crippen molar-refractivity contribution in [3.63, 3.8) is 0 Å². The lowest BCUT2D eigenvalue weighted by atomic mass is 10.1. The van der Waals surface area contributed by atoms with Crippen molar-refractivity contribution < 1.29 is 9.59 Å². The topological polar surface area (TPSA) is 78.4 Å². The summed E-state index contributed by atoms with van der Waals surface area (Å²) in [6.07, 6.45) is 3.10. The molecule has 26 heavy (non-hydrogen) atoms. The number of aryl methyl sites for hydroxylation is 1. The first-order chi connectivity index (χ1) is 12.5. The van der Waals surface area contributed by atoms with Gasteiger partial charge in [0.2, 0.25) is 11.9 Å². The Bertz CT molecular complexity index is 783. The number of amides is 2. The molecule has 3 rings (SSSR count). The monoisotopic (exact) mass is 353 g/mol. The molecule has 0 saturated carbocycles. The molecule has 1 aromatic carbocycles. The largest absolute Gasteiger partial charge is 0.348 e. The van der Waals surface area contributed by atoms with Crippen molar-refractivity contribution in [2.75, 3.05) is 31.1 Å². The van der Waals surface area contributed by atoms with Crippen molar-refractivity contribution in [3.05, 3.63) is 53.3 Å². The van der Waals surface area contributed by atoms with Crippen LogP contribution in [-0.4, -0.2) is 52.9 Å². The molecule has 0 unspecified atom stereocenters. The summed E-state index contributed by atoms with van der Waals surface area (Å²) >= 11 is 0. The number of nitrogens with zero attached hydrogens (tertiary/aromatic N) is 4. The van der Waals surface area contributed by atoms with E-state index in [1.54, 1.807) is 19.3 Å². The number of nitrogens with one attached hydrogen (secondary N) is 1. The highest BCUT2D eigenvalue weighted by molar-refractivity contribution is 5.93. The summed E-state index contributed by atoms with van der Waals surface area (Å²) in [6.45, 7) is 6.79. The van der Waals surface area contributed by atoms with Gasteiger partial charge in [0, 0.05) is 52.0 Å². The Morgan fingerprint density at radius 3 is 2.35 bits per heavy atom. The van der Waals surface area contributed by atoms with E-state index in [-0.39, 0.29) is 11.8 Å². The van der Waals surface area contributed by atoms with Gasteiger partial charge in [-0.15, -0.1) is 0 Å². The minimum Gasteiger partial charge on any atom is -0.348 e. The quantitative estimate of drug-likeness (QED) is 0.898. The molecular weight excluding hydrogens is 330 g/mol. The number of hydrogen-bond donors (Lipinski definition) is 1. The van der Waals surface area contributed by atoms with Gasteiger partial charge in [-0.3, -0.25) is 9.59 Å². The third kappa shape index (κ3) is 4.17. The van der Waals surface area contributed by atoms with Crippen molar-refractivity contribution in [1.82, 2.24) is 20.2 Å². The molecule has 2 heterocycles. The van der Waals surface area contributed by atoms with E-state index in [1.807, 2.05) is 41.0 Å². The highest BCUT2D eigenvalue weighted by Gasteiger charge is 2.20. The van der Waals surface area contributed by atoms with Crippen molar-refractivity contribution in [2.24, 2.45) is 0 Å². The summed E-state index contributed by atoms with van der Waals surface area (Å²) in [5, 5.41) is 2.90. The van der Waals surface area contributed by atoms with Gasteiger partial charge in [0.1, 0.15) is 0 Å². The maximum Gasteiger partial charge on any atom is 0.254 e. The second-order valence-electron chi connectivity index (χ2n) is 6.37. The average Bonchev–Trinajstić information content (AvgIpc) is 2.67. The van der Waals surface area contributed by atoms with Gasteiger partial charge in [-0.2, -0.15) is 0 Å². The molecular formula is C19H23N5O2. The summed E-state index contributed by atoms with van der Waals surface area (Å²) in [7, 11) is 0. The van der Waals surface area contributed by atoms with E-state index in [1.165, 1.54) is 0 Å². The van der Waals surface area contributed by atoms with E-state index in [2.05, 4.69) is 15.3 Å². The van der Waals surface area contributed by atoms with Crippen LogP contribution in [0.1, 0.15) is 28.4 Å². The number of rotatable bonds is 4. The van der Waals surface area contributed by atoms with Crippen LogP contribution in [0.3, 0.4) is 0 Å². The second kappa shape index (κ2) is 7.95. The number of anilines is 1. The normalized spacial score (nSPS) is 14.2. The van der Waals surface area contributed by atoms with Crippen LogP contribution in [0, 0.1) is 6.92 Å². The fourth-order valence-corrected chi connectivity index (χ4v) is 2.91. The van der Waals surface area contributed by atoms with Crippen molar-refractivity contribution in [2.45, 2.75) is 20.4 Å². The third-order valence-corrected chi connectivity index (χ3v) is 4.61. The van der Waals surface area contributed by atoms with Crippen molar-refractivity contribution in [1.29, 1.82) is 0 Å². The second-order valence-corrected chi connectivity index (χ2v) is 6.37. The third-order valence-electron chi connectivity index (χ3n) is 4.61. The van der Waals surface area contributed by atoms with E-state index < -0.39 is 0 Å². The summed E-state index contributed by atoms with van der Waals surface area (Å²) in [5.41, 5.74) is 2.66. The molecule has 0 aliphatic carbocycles. The van der Waals surface area contributed by atoms with Gasteiger partial charge in [0.15, 0.2) is 0 Å². The molecule has 7 heteroatoms. The van der Waals surface area contributed by atoms with Crippen LogP contribution in [-0.2, 0) is 11.3 Å². The van der Waals surface area contributed by atoms with Crippen LogP contribution in [0.15, 0.2) is 36.7 Å². The van der Waals surface area contributed by atoms with Crippen molar-refractivity contribution in [3.8, 4) is 0 Å². The van der Waals surface area contributed by atoms with Gasteiger partial charge in [0.25, 0.3) is 5.91 Å². The zero-order chi connectivity index (χ0) is 18.5. The Hall–Kier alpha value is -2.96. The number of carbonyl (C=O) groups excluding carboxylic acids is 2. The Balaban J connectivity index is 1.56. The molecule has 2 amide bonds. The van der Waals surface area contributed by atoms with Crippen LogP contribution in [0.2, 0.25) is 0 Å². The number of piperazine rings is 1. The van der Waals surface area contributed by atoms with Gasteiger partial charge >= 0.3 is 0 Å². The summed E-state index contributed by atoms with van der Waals surface area (Å²) in [5.74, 6) is 0.482. The molecule has 2 aromatic rings. The Morgan fingerprint density at radius 1 is 1.08 bits per heavy atom. The van der Waals surface area contributed by atoms with Crippen LogP contribution < -0.4 is 10.2 Å². The van der Waals surface area contributed by atoms with E-state index in [4.69, 9.17) is 0 Å². The number of carbonyl (C=O) groups is 2. The molecule has 0 spiro atoms. The molecule has 0 bridgehead atoms. The first kappa shape index (κ1) is 17.8. The average molecular weight is 353 g/mol. The lowest BCUT2D eigenvalue weighted by molar-refractivity contribution is -0.129. The van der Waals surface area contributed by atoms with Crippen LogP contribution >= 0.6 is 0 Å². The van der Waals surface area contributed by atoms with Gasteiger partial charge in [0.05, 0.1) is 5.56 Å². The summed E-state index contributed by atoms with van der Waals surface area (Å²) in [4.78, 5) is 36.1. The maximum atomic E-state index is 12.3. The van der Waals surface area contributed by atoms with Gasteiger partial charge in [-0.1, -0.05) is 24.3 Å². The maximum absolute atomic E-state index is 12.3. The molecule has 136 valence electrons.